The van der Waals surface area contributed by atoms with Crippen molar-refractivity contribution < 1.29 is 9.59 Å². The normalized spacial score (nSPS) is 10.1. The van der Waals surface area contributed by atoms with Gasteiger partial charge in [0, 0.05) is 17.7 Å². The molecule has 0 unspecified atom stereocenters. The van der Waals surface area contributed by atoms with Gasteiger partial charge in [-0.2, -0.15) is 0 Å². The van der Waals surface area contributed by atoms with Crippen molar-refractivity contribution in [2.45, 2.75) is 13.8 Å². The fourth-order valence-corrected chi connectivity index (χ4v) is 1.11. The van der Waals surface area contributed by atoms with Crippen molar-refractivity contribution in [2.24, 2.45) is 5.92 Å². The van der Waals surface area contributed by atoms with E-state index in [4.69, 9.17) is 0 Å². The van der Waals surface area contributed by atoms with Gasteiger partial charge >= 0.3 is 0 Å². The number of aldehydes is 1. The zero-order valence-electron chi connectivity index (χ0n) is 8.99. The highest BCUT2D eigenvalue weighted by Gasteiger charge is 2.05. The Hall–Kier alpha value is -1.64. The molecule has 1 aromatic rings. The maximum Gasteiger partial charge on any atom is 0.251 e. The number of rotatable bonds is 4. The molecule has 0 aromatic heterocycles. The van der Waals surface area contributed by atoms with Gasteiger partial charge < -0.3 is 5.32 Å². The molecule has 0 bridgehead atoms. The maximum absolute atomic E-state index is 11.5. The lowest BCUT2D eigenvalue weighted by Crippen LogP contribution is -2.27. The lowest BCUT2D eigenvalue weighted by Gasteiger charge is -2.07. The SMILES string of the molecule is CC(C)CNC(=O)c1ccc(C=O)cc1. The topological polar surface area (TPSA) is 46.2 Å². The molecular formula is C12H15NO2. The minimum atomic E-state index is -0.0962. The van der Waals surface area contributed by atoms with Crippen LogP contribution in [-0.4, -0.2) is 18.7 Å². The molecule has 80 valence electrons. The summed E-state index contributed by atoms with van der Waals surface area (Å²) in [7, 11) is 0. The van der Waals surface area contributed by atoms with Crippen LogP contribution in [0.4, 0.5) is 0 Å². The summed E-state index contributed by atoms with van der Waals surface area (Å²) in [5, 5.41) is 2.81. The smallest absolute Gasteiger partial charge is 0.251 e. The number of nitrogens with one attached hydrogen (secondary N) is 1. The van der Waals surface area contributed by atoms with Crippen molar-refractivity contribution in [1.82, 2.24) is 5.32 Å². The van der Waals surface area contributed by atoms with Gasteiger partial charge in [-0.1, -0.05) is 26.0 Å². The van der Waals surface area contributed by atoms with E-state index in [2.05, 4.69) is 5.32 Å². The van der Waals surface area contributed by atoms with Gasteiger partial charge in [-0.3, -0.25) is 9.59 Å². The summed E-state index contributed by atoms with van der Waals surface area (Å²) in [4.78, 5) is 22.0. The highest BCUT2D eigenvalue weighted by atomic mass is 16.1. The van der Waals surface area contributed by atoms with Crippen LogP contribution >= 0.6 is 0 Å². The number of carbonyl (C=O) groups excluding carboxylic acids is 2. The van der Waals surface area contributed by atoms with Crippen LogP contribution in [0.2, 0.25) is 0 Å². The van der Waals surface area contributed by atoms with Gasteiger partial charge in [0.05, 0.1) is 0 Å². The van der Waals surface area contributed by atoms with E-state index in [1.165, 1.54) is 0 Å². The Morgan fingerprint density at radius 2 is 1.93 bits per heavy atom. The maximum atomic E-state index is 11.5. The van der Waals surface area contributed by atoms with Gasteiger partial charge in [-0.15, -0.1) is 0 Å². The van der Waals surface area contributed by atoms with Crippen molar-refractivity contribution in [3.05, 3.63) is 35.4 Å². The number of hydrogen-bond acceptors (Lipinski definition) is 2. The second-order valence-electron chi connectivity index (χ2n) is 3.84. The molecule has 0 aliphatic rings. The second-order valence-corrected chi connectivity index (χ2v) is 3.84. The Balaban J connectivity index is 2.62. The molecule has 0 spiro atoms. The van der Waals surface area contributed by atoms with Crippen molar-refractivity contribution in [3.8, 4) is 0 Å². The monoisotopic (exact) mass is 205 g/mol. The standard InChI is InChI=1S/C12H15NO2/c1-9(2)7-13-12(15)11-5-3-10(8-14)4-6-11/h3-6,8-9H,7H2,1-2H3,(H,13,15). The fourth-order valence-electron chi connectivity index (χ4n) is 1.11. The van der Waals surface area contributed by atoms with E-state index in [9.17, 15) is 9.59 Å². The average molecular weight is 205 g/mol. The van der Waals surface area contributed by atoms with Crippen molar-refractivity contribution >= 4 is 12.2 Å². The van der Waals surface area contributed by atoms with Gasteiger partial charge in [-0.25, -0.2) is 0 Å². The summed E-state index contributed by atoms with van der Waals surface area (Å²) in [6.07, 6.45) is 0.760. The van der Waals surface area contributed by atoms with E-state index in [1.807, 2.05) is 13.8 Å². The molecule has 0 radical (unpaired) electrons. The highest BCUT2D eigenvalue weighted by molar-refractivity contribution is 5.94. The first-order valence-electron chi connectivity index (χ1n) is 4.97. The first-order chi connectivity index (χ1) is 7.13. The summed E-state index contributed by atoms with van der Waals surface area (Å²) in [5.41, 5.74) is 1.16. The van der Waals surface area contributed by atoms with Crippen LogP contribution in [-0.2, 0) is 0 Å². The summed E-state index contributed by atoms with van der Waals surface area (Å²) < 4.78 is 0. The number of carbonyl (C=O) groups is 2. The lowest BCUT2D eigenvalue weighted by molar-refractivity contribution is 0.0948. The predicted molar refractivity (Wildman–Crippen MR) is 59.0 cm³/mol. The van der Waals surface area contributed by atoms with Crippen LogP contribution in [0.3, 0.4) is 0 Å². The molecule has 0 atom stereocenters. The van der Waals surface area contributed by atoms with E-state index < -0.39 is 0 Å². The van der Waals surface area contributed by atoms with Crippen molar-refractivity contribution in [1.29, 1.82) is 0 Å². The molecule has 0 saturated carbocycles. The summed E-state index contributed by atoms with van der Waals surface area (Å²) in [6, 6.07) is 6.58. The molecule has 1 amide bonds. The number of benzene rings is 1. The van der Waals surface area contributed by atoms with Gasteiger partial charge in [0.15, 0.2) is 0 Å². The predicted octanol–water partition coefficient (Wildman–Crippen LogP) is 1.88. The average Bonchev–Trinajstić information content (AvgIpc) is 2.26. The zero-order valence-corrected chi connectivity index (χ0v) is 8.99. The quantitative estimate of drug-likeness (QED) is 0.763. The van der Waals surface area contributed by atoms with E-state index in [-0.39, 0.29) is 5.91 Å². The number of amides is 1. The van der Waals surface area contributed by atoms with Gasteiger partial charge in [0.25, 0.3) is 5.91 Å². The van der Waals surface area contributed by atoms with Crippen LogP contribution in [0, 0.1) is 5.92 Å². The van der Waals surface area contributed by atoms with Crippen LogP contribution < -0.4 is 5.32 Å². The van der Waals surface area contributed by atoms with Gasteiger partial charge in [0.2, 0.25) is 0 Å². The molecule has 0 fully saturated rings. The zero-order chi connectivity index (χ0) is 11.3. The minimum Gasteiger partial charge on any atom is -0.352 e. The molecule has 0 aliphatic carbocycles. The van der Waals surface area contributed by atoms with Crippen LogP contribution in [0.1, 0.15) is 34.6 Å². The third-order valence-electron chi connectivity index (χ3n) is 1.98. The Morgan fingerprint density at radius 3 is 2.40 bits per heavy atom. The van der Waals surface area contributed by atoms with Gasteiger partial charge in [-0.05, 0) is 18.1 Å². The van der Waals surface area contributed by atoms with Crippen LogP contribution in [0.25, 0.3) is 0 Å². The second kappa shape index (κ2) is 5.29. The molecule has 0 heterocycles. The number of hydrogen-bond donors (Lipinski definition) is 1. The highest BCUT2D eigenvalue weighted by Crippen LogP contribution is 2.02. The Labute approximate surface area is 89.5 Å². The van der Waals surface area contributed by atoms with Crippen molar-refractivity contribution in [3.63, 3.8) is 0 Å². The molecule has 1 N–H and O–H groups in total. The van der Waals surface area contributed by atoms with Crippen molar-refractivity contribution in [2.75, 3.05) is 6.54 Å². The van der Waals surface area contributed by atoms with E-state index in [0.717, 1.165) is 6.29 Å². The van der Waals surface area contributed by atoms with E-state index in [1.54, 1.807) is 24.3 Å². The minimum absolute atomic E-state index is 0.0962. The molecule has 0 saturated heterocycles. The van der Waals surface area contributed by atoms with Gasteiger partial charge in [0.1, 0.15) is 6.29 Å². The third-order valence-corrected chi connectivity index (χ3v) is 1.98. The first-order valence-corrected chi connectivity index (χ1v) is 4.97. The molecule has 1 rings (SSSR count). The summed E-state index contributed by atoms with van der Waals surface area (Å²) in [5.74, 6) is 0.337. The molecular weight excluding hydrogens is 190 g/mol. The molecule has 15 heavy (non-hydrogen) atoms. The third kappa shape index (κ3) is 3.54. The van der Waals surface area contributed by atoms with E-state index in [0.29, 0.717) is 23.6 Å². The summed E-state index contributed by atoms with van der Waals surface area (Å²) in [6.45, 7) is 4.74. The molecule has 3 heteroatoms. The molecule has 0 aliphatic heterocycles. The fraction of sp³-hybridized carbons (Fsp3) is 0.333. The first kappa shape index (κ1) is 11.4. The molecule has 1 aromatic carbocycles. The van der Waals surface area contributed by atoms with Crippen LogP contribution in [0.15, 0.2) is 24.3 Å². The Morgan fingerprint density at radius 1 is 1.33 bits per heavy atom. The lowest BCUT2D eigenvalue weighted by atomic mass is 10.1. The Kier molecular flexibility index (Phi) is 4.03. The van der Waals surface area contributed by atoms with E-state index >= 15 is 0 Å². The van der Waals surface area contributed by atoms with Crippen LogP contribution in [0.5, 0.6) is 0 Å². The Bertz CT molecular complexity index is 341. The summed E-state index contributed by atoms with van der Waals surface area (Å²) >= 11 is 0. The molecule has 3 nitrogen and oxygen atoms in total. The largest absolute Gasteiger partial charge is 0.352 e.